The molecule has 0 fully saturated rings. The smallest absolute Gasteiger partial charge is 0.456 e. The number of ether oxygens (including phenoxy) is 1. The SMILES string of the molecule is CC(=O)Cc1cc(C(C)NC(=O)c2ccc(OCC(F)(F)C(F)(F)F)nn2)cc(C)n1. The summed E-state index contributed by atoms with van der Waals surface area (Å²) in [6, 6.07) is 4.96. The standard InChI is InChI=1S/C19H19F5N4O3/c1-10-6-13(8-14(25-10)7-11(2)29)12(3)26-17(30)15-4-5-16(28-27-15)31-9-18(20,21)19(22,23)24/h4-6,8,12H,7,9H2,1-3H3,(H,26,30). The third kappa shape index (κ3) is 6.66. The number of alkyl halides is 5. The van der Waals surface area contributed by atoms with Crippen molar-refractivity contribution in [3.05, 3.63) is 46.9 Å². The van der Waals surface area contributed by atoms with Gasteiger partial charge in [0.15, 0.2) is 12.3 Å². The van der Waals surface area contributed by atoms with Gasteiger partial charge in [-0.2, -0.15) is 22.0 Å². The van der Waals surface area contributed by atoms with Crippen LogP contribution in [0.25, 0.3) is 0 Å². The minimum absolute atomic E-state index is 0.0636. The molecule has 0 aliphatic heterocycles. The molecule has 2 aromatic rings. The van der Waals surface area contributed by atoms with Crippen LogP contribution >= 0.6 is 0 Å². The maximum Gasteiger partial charge on any atom is 0.456 e. The Kier molecular flexibility index (Phi) is 7.24. The average Bonchev–Trinajstić information content (AvgIpc) is 2.64. The van der Waals surface area contributed by atoms with E-state index in [0.29, 0.717) is 17.0 Å². The van der Waals surface area contributed by atoms with Crippen LogP contribution in [-0.2, 0) is 11.2 Å². The van der Waals surface area contributed by atoms with Gasteiger partial charge in [0.1, 0.15) is 5.78 Å². The van der Waals surface area contributed by atoms with Crippen LogP contribution in [0.3, 0.4) is 0 Å². The quantitative estimate of drug-likeness (QED) is 0.625. The van der Waals surface area contributed by atoms with E-state index in [4.69, 9.17) is 0 Å². The highest BCUT2D eigenvalue weighted by atomic mass is 19.4. The molecule has 0 aliphatic carbocycles. The number of amides is 1. The lowest BCUT2D eigenvalue weighted by Crippen LogP contribution is -2.41. The van der Waals surface area contributed by atoms with Crippen LogP contribution in [0.15, 0.2) is 24.3 Å². The minimum atomic E-state index is -5.76. The van der Waals surface area contributed by atoms with Gasteiger partial charge in [-0.1, -0.05) is 0 Å². The van der Waals surface area contributed by atoms with E-state index < -0.39 is 36.5 Å². The molecule has 0 radical (unpaired) electrons. The molecule has 7 nitrogen and oxygen atoms in total. The molecule has 1 unspecified atom stereocenters. The first kappa shape index (κ1) is 24.1. The number of aromatic nitrogens is 3. The maximum atomic E-state index is 12.9. The number of aryl methyl sites for hydroxylation is 1. The molecular weight excluding hydrogens is 427 g/mol. The number of Topliss-reactive ketones (excluding diaryl/α,β-unsaturated/α-hetero) is 1. The van der Waals surface area contributed by atoms with Crippen molar-refractivity contribution < 1.29 is 36.3 Å². The second kappa shape index (κ2) is 9.31. The molecule has 31 heavy (non-hydrogen) atoms. The lowest BCUT2D eigenvalue weighted by atomic mass is 10.1. The highest BCUT2D eigenvalue weighted by Gasteiger charge is 2.58. The summed E-state index contributed by atoms with van der Waals surface area (Å²) in [5.74, 6) is -6.36. The number of hydrogen-bond acceptors (Lipinski definition) is 6. The molecule has 12 heteroatoms. The monoisotopic (exact) mass is 446 g/mol. The van der Waals surface area contributed by atoms with Gasteiger partial charge < -0.3 is 10.1 Å². The summed E-state index contributed by atoms with van der Waals surface area (Å²) in [5.41, 5.74) is 1.71. The minimum Gasteiger partial charge on any atom is -0.470 e. The van der Waals surface area contributed by atoms with E-state index in [0.717, 1.165) is 12.1 Å². The fraction of sp³-hybridized carbons (Fsp3) is 0.421. The van der Waals surface area contributed by atoms with E-state index in [9.17, 15) is 31.5 Å². The van der Waals surface area contributed by atoms with Gasteiger partial charge in [0, 0.05) is 23.9 Å². The fourth-order valence-electron chi connectivity index (χ4n) is 2.48. The van der Waals surface area contributed by atoms with Crippen LogP contribution < -0.4 is 10.1 Å². The molecule has 1 amide bonds. The first-order chi connectivity index (χ1) is 14.3. The highest BCUT2D eigenvalue weighted by molar-refractivity contribution is 5.92. The second-order valence-electron chi connectivity index (χ2n) is 6.85. The van der Waals surface area contributed by atoms with E-state index in [1.54, 1.807) is 26.0 Å². The molecule has 2 heterocycles. The fourth-order valence-corrected chi connectivity index (χ4v) is 2.48. The summed E-state index contributed by atoms with van der Waals surface area (Å²) < 4.78 is 66.5. The van der Waals surface area contributed by atoms with Crippen LogP contribution in [0.2, 0.25) is 0 Å². The third-order valence-electron chi connectivity index (χ3n) is 4.00. The van der Waals surface area contributed by atoms with Gasteiger partial charge >= 0.3 is 12.1 Å². The molecule has 2 rings (SSSR count). The molecule has 0 spiro atoms. The predicted octanol–water partition coefficient (Wildman–Crippen LogP) is 3.38. The largest absolute Gasteiger partial charge is 0.470 e. The summed E-state index contributed by atoms with van der Waals surface area (Å²) in [7, 11) is 0. The van der Waals surface area contributed by atoms with Gasteiger partial charge in [-0.15, -0.1) is 10.2 Å². The molecule has 2 aromatic heterocycles. The van der Waals surface area contributed by atoms with E-state index in [2.05, 4.69) is 25.2 Å². The number of nitrogens with one attached hydrogen (secondary N) is 1. The Bertz CT molecular complexity index is 949. The Hall–Kier alpha value is -3.18. The van der Waals surface area contributed by atoms with Gasteiger partial charge in [-0.25, -0.2) is 0 Å². The van der Waals surface area contributed by atoms with Crippen molar-refractivity contribution in [3.63, 3.8) is 0 Å². The summed E-state index contributed by atoms with van der Waals surface area (Å²) in [5, 5.41) is 9.49. The van der Waals surface area contributed by atoms with Crippen molar-refractivity contribution in [1.29, 1.82) is 0 Å². The van der Waals surface area contributed by atoms with Gasteiger partial charge in [0.25, 0.3) is 5.91 Å². The zero-order chi connectivity index (χ0) is 23.4. The molecule has 0 saturated heterocycles. The number of rotatable bonds is 8. The normalized spacial score (nSPS) is 12.9. The molecule has 168 valence electrons. The molecule has 0 aliphatic rings. The van der Waals surface area contributed by atoms with Crippen molar-refractivity contribution in [2.45, 2.75) is 45.3 Å². The average molecular weight is 446 g/mol. The van der Waals surface area contributed by atoms with Crippen molar-refractivity contribution in [3.8, 4) is 5.88 Å². The van der Waals surface area contributed by atoms with Crippen molar-refractivity contribution in [1.82, 2.24) is 20.5 Å². The van der Waals surface area contributed by atoms with Gasteiger partial charge in [-0.05, 0) is 44.5 Å². The number of hydrogen-bond donors (Lipinski definition) is 1. The van der Waals surface area contributed by atoms with Crippen LogP contribution in [-0.4, -0.2) is 45.6 Å². The molecule has 0 saturated carbocycles. The Morgan fingerprint density at radius 3 is 2.35 bits per heavy atom. The van der Waals surface area contributed by atoms with Crippen LogP contribution in [0.5, 0.6) is 5.88 Å². The molecule has 1 N–H and O–H groups in total. The first-order valence-electron chi connectivity index (χ1n) is 8.97. The van der Waals surface area contributed by atoms with Crippen LogP contribution in [0.1, 0.15) is 47.3 Å². The van der Waals surface area contributed by atoms with Crippen LogP contribution in [0, 0.1) is 6.92 Å². The molecule has 1 atom stereocenters. The van der Waals surface area contributed by atoms with E-state index in [1.807, 2.05) is 0 Å². The number of carbonyl (C=O) groups excluding carboxylic acids is 2. The zero-order valence-electron chi connectivity index (χ0n) is 16.8. The summed E-state index contributed by atoms with van der Waals surface area (Å²) >= 11 is 0. The number of halogens is 5. The summed E-state index contributed by atoms with van der Waals surface area (Å²) in [4.78, 5) is 27.9. The van der Waals surface area contributed by atoms with Gasteiger partial charge in [0.05, 0.1) is 6.04 Å². The zero-order valence-corrected chi connectivity index (χ0v) is 16.8. The third-order valence-corrected chi connectivity index (χ3v) is 4.00. The topological polar surface area (TPSA) is 94.1 Å². The van der Waals surface area contributed by atoms with E-state index >= 15 is 0 Å². The maximum absolute atomic E-state index is 12.9. The van der Waals surface area contributed by atoms with E-state index in [1.165, 1.54) is 6.92 Å². The molecule has 0 aromatic carbocycles. The van der Waals surface area contributed by atoms with Crippen LogP contribution in [0.4, 0.5) is 22.0 Å². The Morgan fingerprint density at radius 1 is 1.13 bits per heavy atom. The van der Waals surface area contributed by atoms with E-state index in [-0.39, 0.29) is 17.9 Å². The number of ketones is 1. The van der Waals surface area contributed by atoms with Crippen molar-refractivity contribution in [2.75, 3.05) is 6.61 Å². The highest BCUT2D eigenvalue weighted by Crippen LogP contribution is 2.35. The van der Waals surface area contributed by atoms with Crippen molar-refractivity contribution in [2.24, 2.45) is 0 Å². The lowest BCUT2D eigenvalue weighted by molar-refractivity contribution is -0.290. The Labute approximate surface area is 174 Å². The molecule has 0 bridgehead atoms. The molecular formula is C19H19F5N4O3. The van der Waals surface area contributed by atoms with Gasteiger partial charge in [0.2, 0.25) is 5.88 Å². The van der Waals surface area contributed by atoms with Crippen molar-refractivity contribution >= 4 is 11.7 Å². The number of nitrogens with zero attached hydrogens (tertiary/aromatic N) is 3. The second-order valence-corrected chi connectivity index (χ2v) is 6.85. The lowest BCUT2D eigenvalue weighted by Gasteiger charge is -2.19. The van der Waals surface area contributed by atoms with Gasteiger partial charge in [-0.3, -0.25) is 14.6 Å². The predicted molar refractivity (Wildman–Crippen MR) is 97.8 cm³/mol. The number of carbonyl (C=O) groups is 2. The summed E-state index contributed by atoms with van der Waals surface area (Å²) in [6.07, 6.45) is -5.61. The Morgan fingerprint density at radius 2 is 1.81 bits per heavy atom. The first-order valence-corrected chi connectivity index (χ1v) is 8.97. The Balaban J connectivity index is 2.03. The number of pyridine rings is 1. The summed E-state index contributed by atoms with van der Waals surface area (Å²) in [6.45, 7) is 2.91.